The second-order valence-corrected chi connectivity index (χ2v) is 6.94. The van der Waals surface area contributed by atoms with Gasteiger partial charge in [0.05, 0.1) is 12.1 Å². The Bertz CT molecular complexity index is 717. The van der Waals surface area contributed by atoms with E-state index < -0.39 is 0 Å². The summed E-state index contributed by atoms with van der Waals surface area (Å²) in [5, 5.41) is 4.04. The van der Waals surface area contributed by atoms with Gasteiger partial charge in [0.2, 0.25) is 0 Å². The van der Waals surface area contributed by atoms with Crippen LogP contribution in [-0.2, 0) is 13.2 Å². The number of benzene rings is 2. The molecule has 5 heteroatoms. The molecule has 0 aromatic heterocycles. The number of aryl methyl sites for hydroxylation is 1. The lowest BCUT2D eigenvalue weighted by Crippen LogP contribution is -2.31. The monoisotopic (exact) mass is 390 g/mol. The molecule has 0 aliphatic carbocycles. The molecule has 0 saturated carbocycles. The van der Waals surface area contributed by atoms with Gasteiger partial charge in [0.25, 0.3) is 0 Å². The quantitative estimate of drug-likeness (QED) is 0.565. The molecule has 0 atom stereocenters. The molecule has 1 N–H and O–H groups in total. The lowest BCUT2D eigenvalue weighted by Gasteiger charge is -2.18. The van der Waals surface area contributed by atoms with Gasteiger partial charge >= 0.3 is 0 Å². The van der Waals surface area contributed by atoms with Crippen LogP contribution < -0.4 is 14.8 Å². The summed E-state index contributed by atoms with van der Waals surface area (Å²) in [4.78, 5) is 2.39. The summed E-state index contributed by atoms with van der Waals surface area (Å²) in [6.45, 7) is 11.8. The molecule has 0 spiro atoms. The van der Waals surface area contributed by atoms with Gasteiger partial charge in [0.15, 0.2) is 11.5 Å². The Morgan fingerprint density at radius 3 is 2.52 bits per heavy atom. The SMILES string of the molecule is CCN(CC)CCNCc1cc(Cl)c(OCc2ccccc2C)c(OC)c1. The summed E-state index contributed by atoms with van der Waals surface area (Å²) >= 11 is 6.49. The molecule has 0 aliphatic rings. The first-order chi connectivity index (χ1) is 13.1. The number of halogens is 1. The molecule has 148 valence electrons. The van der Waals surface area contributed by atoms with Gasteiger partial charge in [0.1, 0.15) is 6.61 Å². The number of likely N-dealkylation sites (N-methyl/N-ethyl adjacent to an activating group) is 1. The number of rotatable bonds is 11. The summed E-state index contributed by atoms with van der Waals surface area (Å²) < 4.78 is 11.5. The highest BCUT2D eigenvalue weighted by Gasteiger charge is 2.13. The zero-order chi connectivity index (χ0) is 19.6. The fraction of sp³-hybridized carbons (Fsp3) is 0.455. The van der Waals surface area contributed by atoms with Crippen LogP contribution in [0, 0.1) is 6.92 Å². The summed E-state index contributed by atoms with van der Waals surface area (Å²) in [7, 11) is 1.64. The van der Waals surface area contributed by atoms with Crippen molar-refractivity contribution in [2.45, 2.75) is 33.9 Å². The van der Waals surface area contributed by atoms with E-state index in [1.54, 1.807) is 7.11 Å². The molecule has 27 heavy (non-hydrogen) atoms. The zero-order valence-corrected chi connectivity index (χ0v) is 17.6. The Kier molecular flexibility index (Phi) is 8.92. The number of nitrogens with one attached hydrogen (secondary N) is 1. The minimum atomic E-state index is 0.463. The molecular formula is C22H31ClN2O2. The van der Waals surface area contributed by atoms with E-state index in [0.29, 0.717) is 23.1 Å². The van der Waals surface area contributed by atoms with Gasteiger partial charge in [-0.2, -0.15) is 0 Å². The van der Waals surface area contributed by atoms with E-state index in [-0.39, 0.29) is 0 Å². The molecule has 0 unspecified atom stereocenters. The third kappa shape index (κ3) is 6.42. The van der Waals surface area contributed by atoms with Crippen molar-refractivity contribution >= 4 is 11.6 Å². The van der Waals surface area contributed by atoms with Crippen LogP contribution in [0.4, 0.5) is 0 Å². The fourth-order valence-electron chi connectivity index (χ4n) is 2.95. The van der Waals surface area contributed by atoms with E-state index in [4.69, 9.17) is 21.1 Å². The number of ether oxygens (including phenoxy) is 2. The van der Waals surface area contributed by atoms with E-state index in [9.17, 15) is 0 Å². The molecule has 0 aliphatic heterocycles. The van der Waals surface area contributed by atoms with Gasteiger partial charge in [-0.1, -0.05) is 49.7 Å². The molecule has 2 aromatic carbocycles. The van der Waals surface area contributed by atoms with Gasteiger partial charge in [-0.25, -0.2) is 0 Å². The van der Waals surface area contributed by atoms with E-state index in [1.807, 2.05) is 24.3 Å². The van der Waals surface area contributed by atoms with Crippen LogP contribution in [0.1, 0.15) is 30.5 Å². The van der Waals surface area contributed by atoms with Gasteiger partial charge in [-0.05, 0) is 48.8 Å². The van der Waals surface area contributed by atoms with Crippen molar-refractivity contribution in [3.05, 3.63) is 58.1 Å². The second kappa shape index (κ2) is 11.2. The maximum absolute atomic E-state index is 6.49. The highest BCUT2D eigenvalue weighted by Crippen LogP contribution is 2.37. The van der Waals surface area contributed by atoms with Crippen LogP contribution in [0.2, 0.25) is 5.02 Å². The Morgan fingerprint density at radius 1 is 1.11 bits per heavy atom. The summed E-state index contributed by atoms with van der Waals surface area (Å²) in [6.07, 6.45) is 0. The highest BCUT2D eigenvalue weighted by molar-refractivity contribution is 6.32. The standard InChI is InChI=1S/C22H31ClN2O2/c1-5-25(6-2)12-11-24-15-18-13-20(23)22(21(14-18)26-4)27-16-19-10-8-7-9-17(19)3/h7-10,13-14,24H,5-6,11-12,15-16H2,1-4H3. The molecule has 4 nitrogen and oxygen atoms in total. The second-order valence-electron chi connectivity index (χ2n) is 6.53. The summed E-state index contributed by atoms with van der Waals surface area (Å²) in [6, 6.07) is 12.1. The molecular weight excluding hydrogens is 360 g/mol. The normalized spacial score (nSPS) is 11.0. The van der Waals surface area contributed by atoms with Crippen molar-refractivity contribution in [1.29, 1.82) is 0 Å². The highest BCUT2D eigenvalue weighted by atomic mass is 35.5. The van der Waals surface area contributed by atoms with Crippen LogP contribution in [0.25, 0.3) is 0 Å². The van der Waals surface area contributed by atoms with Crippen molar-refractivity contribution in [3.8, 4) is 11.5 Å². The van der Waals surface area contributed by atoms with Crippen molar-refractivity contribution < 1.29 is 9.47 Å². The van der Waals surface area contributed by atoms with Crippen LogP contribution in [0.5, 0.6) is 11.5 Å². The van der Waals surface area contributed by atoms with E-state index >= 15 is 0 Å². The Hall–Kier alpha value is -1.75. The number of methoxy groups -OCH3 is 1. The molecule has 0 saturated heterocycles. The first-order valence-electron chi connectivity index (χ1n) is 9.55. The molecule has 0 radical (unpaired) electrons. The molecule has 2 aromatic rings. The lowest BCUT2D eigenvalue weighted by molar-refractivity contribution is 0.283. The molecule has 0 fully saturated rings. The number of hydrogen-bond acceptors (Lipinski definition) is 4. The molecule has 0 amide bonds. The van der Waals surface area contributed by atoms with Crippen LogP contribution >= 0.6 is 11.6 Å². The number of nitrogens with zero attached hydrogens (tertiary/aromatic N) is 1. The average molecular weight is 391 g/mol. The Balaban J connectivity index is 1.98. The molecule has 0 bridgehead atoms. The van der Waals surface area contributed by atoms with E-state index in [2.05, 4.69) is 43.1 Å². The third-order valence-electron chi connectivity index (χ3n) is 4.75. The first kappa shape index (κ1) is 21.5. The van der Waals surface area contributed by atoms with Crippen LogP contribution in [-0.4, -0.2) is 38.2 Å². The largest absolute Gasteiger partial charge is 0.493 e. The van der Waals surface area contributed by atoms with Crippen molar-refractivity contribution in [1.82, 2.24) is 10.2 Å². The topological polar surface area (TPSA) is 33.7 Å². The summed E-state index contributed by atoms with van der Waals surface area (Å²) in [5.74, 6) is 1.26. The van der Waals surface area contributed by atoms with Crippen molar-refractivity contribution in [2.75, 3.05) is 33.3 Å². The third-order valence-corrected chi connectivity index (χ3v) is 5.03. The molecule has 0 heterocycles. The first-order valence-corrected chi connectivity index (χ1v) is 9.93. The van der Waals surface area contributed by atoms with E-state index in [0.717, 1.165) is 43.9 Å². The van der Waals surface area contributed by atoms with Crippen molar-refractivity contribution in [2.24, 2.45) is 0 Å². The smallest absolute Gasteiger partial charge is 0.180 e. The van der Waals surface area contributed by atoms with Gasteiger partial charge in [-0.3, -0.25) is 0 Å². The van der Waals surface area contributed by atoms with Crippen molar-refractivity contribution in [3.63, 3.8) is 0 Å². The van der Waals surface area contributed by atoms with Crippen LogP contribution in [0.3, 0.4) is 0 Å². The predicted octanol–water partition coefficient (Wildman–Crippen LogP) is 4.67. The minimum Gasteiger partial charge on any atom is -0.493 e. The number of hydrogen-bond donors (Lipinski definition) is 1. The zero-order valence-electron chi connectivity index (χ0n) is 16.8. The lowest BCUT2D eigenvalue weighted by atomic mass is 10.1. The maximum atomic E-state index is 6.49. The summed E-state index contributed by atoms with van der Waals surface area (Å²) in [5.41, 5.74) is 3.42. The van der Waals surface area contributed by atoms with Gasteiger partial charge < -0.3 is 19.7 Å². The van der Waals surface area contributed by atoms with Gasteiger partial charge in [-0.15, -0.1) is 0 Å². The predicted molar refractivity (Wildman–Crippen MR) is 113 cm³/mol. The average Bonchev–Trinajstić information content (AvgIpc) is 2.68. The minimum absolute atomic E-state index is 0.463. The Morgan fingerprint density at radius 2 is 1.85 bits per heavy atom. The maximum Gasteiger partial charge on any atom is 0.180 e. The Labute approximate surface area is 168 Å². The van der Waals surface area contributed by atoms with E-state index in [1.165, 1.54) is 5.56 Å². The fourth-order valence-corrected chi connectivity index (χ4v) is 3.23. The van der Waals surface area contributed by atoms with Gasteiger partial charge in [0, 0.05) is 19.6 Å². The molecule has 2 rings (SSSR count). The van der Waals surface area contributed by atoms with Crippen LogP contribution in [0.15, 0.2) is 36.4 Å².